The molecule has 0 amide bonds. The lowest BCUT2D eigenvalue weighted by atomic mass is 9.86. The van der Waals surface area contributed by atoms with Gasteiger partial charge in [0.2, 0.25) is 0 Å². The molecular formula is C20H23N3. The van der Waals surface area contributed by atoms with Crippen LogP contribution in [0.3, 0.4) is 0 Å². The van der Waals surface area contributed by atoms with Gasteiger partial charge in [-0.25, -0.2) is 0 Å². The second kappa shape index (κ2) is 7.25. The third kappa shape index (κ3) is 4.30. The average Bonchev–Trinajstić information content (AvgIpc) is 2.55. The molecule has 1 aromatic carbocycles. The van der Waals surface area contributed by atoms with E-state index < -0.39 is 0 Å². The minimum atomic E-state index is 0.0744. The number of hydrogen-bond donors (Lipinski definition) is 0. The van der Waals surface area contributed by atoms with E-state index in [1.807, 2.05) is 24.3 Å². The Labute approximate surface area is 139 Å². The summed E-state index contributed by atoms with van der Waals surface area (Å²) < 4.78 is 0. The molecule has 1 saturated carbocycles. The third-order valence-corrected chi connectivity index (χ3v) is 4.19. The number of nitriles is 2. The summed E-state index contributed by atoms with van der Waals surface area (Å²) in [6.07, 6.45) is 5.45. The lowest BCUT2D eigenvalue weighted by Crippen LogP contribution is -2.10. The molecule has 1 aromatic rings. The lowest BCUT2D eigenvalue weighted by molar-refractivity contribution is 0.590. The Hall–Kier alpha value is -2.39. The maximum atomic E-state index is 9.27. The SMILES string of the molecule is CC(C)(C)c1ccc(C(N=C2CCCCC2)=C(C#N)C#N)cc1. The molecule has 3 nitrogen and oxygen atoms in total. The highest BCUT2D eigenvalue weighted by atomic mass is 14.8. The molecule has 0 spiro atoms. The van der Waals surface area contributed by atoms with Crippen LogP contribution >= 0.6 is 0 Å². The first-order valence-corrected chi connectivity index (χ1v) is 8.17. The van der Waals surface area contributed by atoms with Crippen molar-refractivity contribution in [2.75, 3.05) is 0 Å². The number of benzene rings is 1. The van der Waals surface area contributed by atoms with Gasteiger partial charge in [-0.05, 0) is 36.7 Å². The van der Waals surface area contributed by atoms with Gasteiger partial charge in [-0.2, -0.15) is 10.5 Å². The second-order valence-electron chi connectivity index (χ2n) is 7.01. The topological polar surface area (TPSA) is 59.9 Å². The monoisotopic (exact) mass is 305 g/mol. The minimum absolute atomic E-state index is 0.0744. The summed E-state index contributed by atoms with van der Waals surface area (Å²) in [7, 11) is 0. The normalized spacial score (nSPS) is 14.6. The van der Waals surface area contributed by atoms with E-state index in [-0.39, 0.29) is 11.0 Å². The van der Waals surface area contributed by atoms with E-state index in [0.29, 0.717) is 5.70 Å². The molecule has 23 heavy (non-hydrogen) atoms. The van der Waals surface area contributed by atoms with Crippen LogP contribution in [0, 0.1) is 22.7 Å². The smallest absolute Gasteiger partial charge is 0.155 e. The Morgan fingerprint density at radius 2 is 1.52 bits per heavy atom. The van der Waals surface area contributed by atoms with Crippen LogP contribution < -0.4 is 0 Å². The van der Waals surface area contributed by atoms with Crippen LogP contribution in [0.1, 0.15) is 64.0 Å². The molecule has 0 atom stereocenters. The summed E-state index contributed by atoms with van der Waals surface area (Å²) in [5, 5.41) is 18.5. The van der Waals surface area contributed by atoms with Gasteiger partial charge in [0.05, 0.1) is 5.70 Å². The zero-order valence-electron chi connectivity index (χ0n) is 14.2. The van der Waals surface area contributed by atoms with Gasteiger partial charge >= 0.3 is 0 Å². The molecule has 0 aromatic heterocycles. The Balaban J connectivity index is 2.45. The number of nitrogens with zero attached hydrogens (tertiary/aromatic N) is 3. The summed E-state index contributed by atoms with van der Waals surface area (Å²) in [4.78, 5) is 4.69. The van der Waals surface area contributed by atoms with Gasteiger partial charge in [-0.3, -0.25) is 4.99 Å². The number of allylic oxidation sites excluding steroid dienone is 1. The number of aliphatic imine (C=N–C) groups is 1. The van der Waals surface area contributed by atoms with Crippen molar-refractivity contribution in [3.63, 3.8) is 0 Å². The maximum absolute atomic E-state index is 9.27. The largest absolute Gasteiger partial charge is 0.255 e. The van der Waals surface area contributed by atoms with Crippen LogP contribution in [-0.4, -0.2) is 5.71 Å². The van der Waals surface area contributed by atoms with Crippen molar-refractivity contribution in [1.29, 1.82) is 10.5 Å². The molecule has 0 bridgehead atoms. The Bertz CT molecular complexity index is 677. The van der Waals surface area contributed by atoms with E-state index in [1.54, 1.807) is 0 Å². The van der Waals surface area contributed by atoms with Gasteiger partial charge in [0.25, 0.3) is 0 Å². The van der Waals surface area contributed by atoms with Crippen LogP contribution in [0.5, 0.6) is 0 Å². The molecule has 3 heteroatoms. The summed E-state index contributed by atoms with van der Waals surface area (Å²) >= 11 is 0. The molecule has 0 heterocycles. The predicted octanol–water partition coefficient (Wildman–Crippen LogP) is 5.15. The highest BCUT2D eigenvalue weighted by Gasteiger charge is 2.16. The lowest BCUT2D eigenvalue weighted by Gasteiger charge is -2.19. The summed E-state index contributed by atoms with van der Waals surface area (Å²) in [6, 6.07) is 12.0. The summed E-state index contributed by atoms with van der Waals surface area (Å²) in [5.74, 6) is 0. The van der Waals surface area contributed by atoms with Crippen LogP contribution in [0.2, 0.25) is 0 Å². The van der Waals surface area contributed by atoms with Gasteiger partial charge in [0.15, 0.2) is 5.57 Å². The average molecular weight is 305 g/mol. The molecule has 0 saturated heterocycles. The first-order valence-electron chi connectivity index (χ1n) is 8.17. The van der Waals surface area contributed by atoms with E-state index in [9.17, 15) is 10.5 Å². The molecule has 0 N–H and O–H groups in total. The Kier molecular flexibility index (Phi) is 5.35. The number of hydrogen-bond acceptors (Lipinski definition) is 3. The molecular weight excluding hydrogens is 282 g/mol. The van der Waals surface area contributed by atoms with E-state index in [4.69, 9.17) is 4.99 Å². The van der Waals surface area contributed by atoms with Crippen molar-refractivity contribution >= 4 is 11.4 Å². The Morgan fingerprint density at radius 3 is 2.00 bits per heavy atom. The van der Waals surface area contributed by atoms with E-state index in [2.05, 4.69) is 32.9 Å². The second-order valence-corrected chi connectivity index (χ2v) is 7.01. The van der Waals surface area contributed by atoms with E-state index in [1.165, 1.54) is 12.0 Å². The Morgan fingerprint density at radius 1 is 0.957 bits per heavy atom. The molecule has 0 radical (unpaired) electrons. The van der Waals surface area contributed by atoms with Crippen LogP contribution in [0.15, 0.2) is 34.8 Å². The maximum Gasteiger partial charge on any atom is 0.155 e. The molecule has 0 aliphatic heterocycles. The van der Waals surface area contributed by atoms with Crippen LogP contribution in [-0.2, 0) is 5.41 Å². The zero-order chi connectivity index (χ0) is 16.9. The minimum Gasteiger partial charge on any atom is -0.255 e. The molecule has 1 fully saturated rings. The van der Waals surface area contributed by atoms with Crippen molar-refractivity contribution < 1.29 is 0 Å². The first-order chi connectivity index (χ1) is 11.0. The van der Waals surface area contributed by atoms with Crippen LogP contribution in [0.25, 0.3) is 5.70 Å². The van der Waals surface area contributed by atoms with Gasteiger partial charge in [0, 0.05) is 11.3 Å². The fourth-order valence-corrected chi connectivity index (χ4v) is 2.75. The van der Waals surface area contributed by atoms with Gasteiger partial charge in [-0.1, -0.05) is 51.5 Å². The molecule has 1 aliphatic carbocycles. The van der Waals surface area contributed by atoms with Gasteiger partial charge in [0.1, 0.15) is 12.1 Å². The van der Waals surface area contributed by atoms with Crippen molar-refractivity contribution in [3.8, 4) is 12.1 Å². The van der Waals surface area contributed by atoms with Crippen LogP contribution in [0.4, 0.5) is 0 Å². The van der Waals surface area contributed by atoms with E-state index >= 15 is 0 Å². The standard InChI is InChI=1S/C20H23N3/c1-20(2,3)17-11-9-15(10-12-17)19(16(13-21)14-22)23-18-7-5-4-6-8-18/h9-12H,4-8H2,1-3H3. The summed E-state index contributed by atoms with van der Waals surface area (Å²) in [6.45, 7) is 6.49. The van der Waals surface area contributed by atoms with Gasteiger partial charge < -0.3 is 0 Å². The highest BCUT2D eigenvalue weighted by molar-refractivity contribution is 5.92. The van der Waals surface area contributed by atoms with Gasteiger partial charge in [-0.15, -0.1) is 0 Å². The fourth-order valence-electron chi connectivity index (χ4n) is 2.75. The van der Waals surface area contributed by atoms with E-state index in [0.717, 1.165) is 37.0 Å². The molecule has 1 aliphatic rings. The molecule has 0 unspecified atom stereocenters. The van der Waals surface area contributed by atoms with Crippen molar-refractivity contribution in [1.82, 2.24) is 0 Å². The third-order valence-electron chi connectivity index (χ3n) is 4.19. The predicted molar refractivity (Wildman–Crippen MR) is 93.8 cm³/mol. The first kappa shape index (κ1) is 17.0. The molecule has 2 rings (SSSR count). The quantitative estimate of drug-likeness (QED) is 0.709. The zero-order valence-corrected chi connectivity index (χ0v) is 14.2. The van der Waals surface area contributed by atoms with Crippen molar-refractivity contribution in [2.45, 2.75) is 58.3 Å². The van der Waals surface area contributed by atoms with Crippen molar-refractivity contribution in [2.24, 2.45) is 4.99 Å². The molecule has 118 valence electrons. The van der Waals surface area contributed by atoms with Crippen molar-refractivity contribution in [3.05, 3.63) is 41.0 Å². The summed E-state index contributed by atoms with van der Waals surface area (Å²) in [5.41, 5.74) is 3.86. The highest BCUT2D eigenvalue weighted by Crippen LogP contribution is 2.27. The fraction of sp³-hybridized carbons (Fsp3) is 0.450. The number of rotatable bonds is 2.